The lowest BCUT2D eigenvalue weighted by molar-refractivity contribution is 0.588. The van der Waals surface area contributed by atoms with Gasteiger partial charge < -0.3 is 4.57 Å². The number of aromatic nitrogens is 1. The Balaban J connectivity index is 2.89. The van der Waals surface area contributed by atoms with Crippen LogP contribution in [0.2, 0.25) is 0 Å². The van der Waals surface area contributed by atoms with Crippen LogP contribution in [0.3, 0.4) is 0 Å². The smallest absolute Gasteiger partial charge is 0.145 e. The molecule has 0 unspecified atom stereocenters. The fraction of sp³-hybridized carbons (Fsp3) is 0.400. The molecule has 2 rings (SSSR count). The van der Waals surface area contributed by atoms with Gasteiger partial charge in [0, 0.05) is 10.7 Å². The van der Waals surface area contributed by atoms with Gasteiger partial charge in [-0.05, 0) is 43.9 Å². The Morgan fingerprint density at radius 1 is 1.21 bits per heavy atom. The van der Waals surface area contributed by atoms with Crippen molar-refractivity contribution in [2.75, 3.05) is 13.3 Å². The Bertz CT molecular complexity index is 675. The Morgan fingerprint density at radius 3 is 2.42 bits per heavy atom. The van der Waals surface area contributed by atoms with Crippen molar-refractivity contribution < 1.29 is 8.96 Å². The standard InChI is InChI=1S/C15H19FNOP/c1-5-10-7-8-14-11(15(10)19(3,4)18)9-12(16)13(6-2)17-14/h7-9H,5-6H2,1-4H3. The molecular weight excluding hydrogens is 260 g/mol. The average Bonchev–Trinajstić information content (AvgIpc) is 2.35. The summed E-state index contributed by atoms with van der Waals surface area (Å²) in [5, 5.41) is 1.48. The van der Waals surface area contributed by atoms with Gasteiger partial charge in [-0.1, -0.05) is 19.9 Å². The highest BCUT2D eigenvalue weighted by Crippen LogP contribution is 2.39. The molecule has 0 saturated heterocycles. The minimum atomic E-state index is -2.47. The van der Waals surface area contributed by atoms with Gasteiger partial charge in [0.1, 0.15) is 13.0 Å². The molecule has 0 aliphatic rings. The number of hydrogen-bond donors (Lipinski definition) is 0. The number of benzene rings is 1. The van der Waals surface area contributed by atoms with Crippen LogP contribution < -0.4 is 5.30 Å². The van der Waals surface area contributed by atoms with Gasteiger partial charge in [0.05, 0.1) is 11.2 Å². The van der Waals surface area contributed by atoms with Crippen molar-refractivity contribution in [1.82, 2.24) is 4.98 Å². The highest BCUT2D eigenvalue weighted by Gasteiger charge is 2.20. The van der Waals surface area contributed by atoms with Crippen LogP contribution >= 0.6 is 7.14 Å². The van der Waals surface area contributed by atoms with E-state index in [4.69, 9.17) is 0 Å². The number of aryl methyl sites for hydroxylation is 2. The quantitative estimate of drug-likeness (QED) is 0.801. The summed E-state index contributed by atoms with van der Waals surface area (Å²) in [6.07, 6.45) is 1.34. The second-order valence-electron chi connectivity index (χ2n) is 5.11. The first-order chi connectivity index (χ1) is 8.88. The van der Waals surface area contributed by atoms with Crippen LogP contribution in [-0.4, -0.2) is 18.3 Å². The van der Waals surface area contributed by atoms with Crippen molar-refractivity contribution in [3.05, 3.63) is 35.3 Å². The molecule has 0 N–H and O–H groups in total. The third-order valence-corrected chi connectivity index (χ3v) is 4.94. The molecule has 0 radical (unpaired) electrons. The second kappa shape index (κ2) is 5.05. The number of rotatable bonds is 3. The maximum Gasteiger partial charge on any atom is 0.145 e. The van der Waals surface area contributed by atoms with Gasteiger partial charge in [0.15, 0.2) is 0 Å². The molecule has 0 aliphatic carbocycles. The summed E-state index contributed by atoms with van der Waals surface area (Å²) in [5.41, 5.74) is 2.21. The van der Waals surface area contributed by atoms with Gasteiger partial charge in [-0.3, -0.25) is 0 Å². The van der Waals surface area contributed by atoms with Crippen molar-refractivity contribution in [2.24, 2.45) is 0 Å². The van der Waals surface area contributed by atoms with E-state index in [0.29, 0.717) is 17.5 Å². The predicted octanol–water partition coefficient (Wildman–Crippen LogP) is 3.75. The van der Waals surface area contributed by atoms with Crippen LogP contribution in [0, 0.1) is 5.82 Å². The molecule has 0 spiro atoms. The zero-order valence-electron chi connectivity index (χ0n) is 11.8. The minimum Gasteiger partial charge on any atom is -0.319 e. The second-order valence-corrected chi connectivity index (χ2v) is 8.26. The molecule has 2 nitrogen and oxygen atoms in total. The molecule has 19 heavy (non-hydrogen) atoms. The summed E-state index contributed by atoms with van der Waals surface area (Å²) >= 11 is 0. The van der Waals surface area contributed by atoms with Crippen molar-refractivity contribution in [3.8, 4) is 0 Å². The molecule has 1 aromatic heterocycles. The van der Waals surface area contributed by atoms with Crippen molar-refractivity contribution in [2.45, 2.75) is 26.7 Å². The summed E-state index contributed by atoms with van der Waals surface area (Å²) < 4.78 is 26.5. The Hall–Kier alpha value is -1.21. The molecule has 0 bridgehead atoms. The largest absolute Gasteiger partial charge is 0.319 e. The summed E-state index contributed by atoms with van der Waals surface area (Å²) in [5.74, 6) is -0.307. The van der Waals surface area contributed by atoms with Crippen LogP contribution in [-0.2, 0) is 17.4 Å². The van der Waals surface area contributed by atoms with Gasteiger partial charge in [0.2, 0.25) is 0 Å². The van der Waals surface area contributed by atoms with E-state index in [2.05, 4.69) is 4.98 Å². The van der Waals surface area contributed by atoms with E-state index in [-0.39, 0.29) is 5.82 Å². The van der Waals surface area contributed by atoms with Gasteiger partial charge >= 0.3 is 0 Å². The highest BCUT2D eigenvalue weighted by atomic mass is 31.2. The molecule has 0 amide bonds. The van der Waals surface area contributed by atoms with Crippen molar-refractivity contribution in [1.29, 1.82) is 0 Å². The molecular formula is C15H19FNOP. The lowest BCUT2D eigenvalue weighted by atomic mass is 10.1. The molecule has 1 aromatic carbocycles. The topological polar surface area (TPSA) is 30.0 Å². The summed E-state index contributed by atoms with van der Waals surface area (Å²) in [6, 6.07) is 5.35. The normalized spacial score (nSPS) is 12.1. The lowest BCUT2D eigenvalue weighted by Gasteiger charge is -2.16. The number of pyridine rings is 1. The van der Waals surface area contributed by atoms with E-state index in [1.807, 2.05) is 26.0 Å². The van der Waals surface area contributed by atoms with E-state index in [1.54, 1.807) is 13.3 Å². The van der Waals surface area contributed by atoms with E-state index < -0.39 is 7.14 Å². The molecule has 0 fully saturated rings. The fourth-order valence-electron chi connectivity index (χ4n) is 2.46. The first-order valence-electron chi connectivity index (χ1n) is 6.55. The monoisotopic (exact) mass is 279 g/mol. The average molecular weight is 279 g/mol. The third-order valence-electron chi connectivity index (χ3n) is 3.33. The van der Waals surface area contributed by atoms with Crippen LogP contribution in [0.4, 0.5) is 4.39 Å². The molecule has 1 heterocycles. The maximum atomic E-state index is 14.0. The molecule has 4 heteroatoms. The van der Waals surface area contributed by atoms with Crippen LogP contribution in [0.25, 0.3) is 10.9 Å². The number of nitrogens with zero attached hydrogens (tertiary/aromatic N) is 1. The van der Waals surface area contributed by atoms with Gasteiger partial charge in [-0.2, -0.15) is 0 Å². The molecule has 102 valence electrons. The fourth-order valence-corrected chi connectivity index (χ4v) is 4.14. The summed E-state index contributed by atoms with van der Waals surface area (Å²) in [7, 11) is -2.47. The SMILES string of the molecule is CCc1ccc2nc(CC)c(F)cc2c1P(C)(C)=O. The Labute approximate surface area is 113 Å². The first kappa shape index (κ1) is 14.2. The van der Waals surface area contributed by atoms with E-state index in [0.717, 1.165) is 22.8 Å². The van der Waals surface area contributed by atoms with E-state index in [1.165, 1.54) is 6.07 Å². The van der Waals surface area contributed by atoms with Crippen LogP contribution in [0.5, 0.6) is 0 Å². The van der Waals surface area contributed by atoms with Gasteiger partial charge in [-0.25, -0.2) is 9.37 Å². The molecule has 0 saturated carbocycles. The number of hydrogen-bond acceptors (Lipinski definition) is 2. The van der Waals surface area contributed by atoms with Gasteiger partial charge in [-0.15, -0.1) is 0 Å². The lowest BCUT2D eigenvalue weighted by Crippen LogP contribution is -2.13. The Morgan fingerprint density at radius 2 is 1.89 bits per heavy atom. The van der Waals surface area contributed by atoms with Gasteiger partial charge in [0.25, 0.3) is 0 Å². The molecule has 0 atom stereocenters. The van der Waals surface area contributed by atoms with E-state index >= 15 is 0 Å². The van der Waals surface area contributed by atoms with Crippen LogP contribution in [0.15, 0.2) is 18.2 Å². The zero-order valence-corrected chi connectivity index (χ0v) is 12.7. The minimum absolute atomic E-state index is 0.307. The van der Waals surface area contributed by atoms with Crippen molar-refractivity contribution in [3.63, 3.8) is 0 Å². The Kier molecular flexibility index (Phi) is 3.78. The van der Waals surface area contributed by atoms with E-state index in [9.17, 15) is 8.96 Å². The number of fused-ring (bicyclic) bond motifs is 1. The third kappa shape index (κ3) is 2.57. The predicted molar refractivity (Wildman–Crippen MR) is 79.5 cm³/mol. The molecule has 0 aliphatic heterocycles. The molecule has 2 aromatic rings. The maximum absolute atomic E-state index is 14.0. The zero-order chi connectivity index (χ0) is 14.2. The highest BCUT2D eigenvalue weighted by molar-refractivity contribution is 7.70. The first-order valence-corrected chi connectivity index (χ1v) is 9.15. The number of halogens is 1. The van der Waals surface area contributed by atoms with Crippen LogP contribution in [0.1, 0.15) is 25.1 Å². The summed E-state index contributed by atoms with van der Waals surface area (Å²) in [6.45, 7) is 7.35. The summed E-state index contributed by atoms with van der Waals surface area (Å²) in [4.78, 5) is 4.35. The van der Waals surface area contributed by atoms with Crippen molar-refractivity contribution >= 4 is 23.3 Å².